The van der Waals surface area contributed by atoms with Crippen LogP contribution in [-0.4, -0.2) is 35.3 Å². The van der Waals surface area contributed by atoms with Gasteiger partial charge in [-0.3, -0.25) is 9.80 Å². The number of rotatable bonds is 2. The highest BCUT2D eigenvalue weighted by atomic mass is 35.5. The molecule has 0 N–H and O–H groups in total. The Hall–Kier alpha value is -2.74. The summed E-state index contributed by atoms with van der Waals surface area (Å²) in [5, 5.41) is 7.80. The quantitative estimate of drug-likeness (QED) is 0.714. The van der Waals surface area contributed by atoms with Crippen molar-refractivity contribution in [2.24, 2.45) is 5.16 Å². The molecule has 2 aromatic rings. The van der Waals surface area contributed by atoms with Crippen molar-refractivity contribution in [1.82, 2.24) is 5.01 Å². The van der Waals surface area contributed by atoms with Gasteiger partial charge in [-0.15, -0.1) is 0 Å². The Bertz CT molecular complexity index is 978. The molecule has 1 unspecified atom stereocenters. The molecule has 9 heteroatoms. The van der Waals surface area contributed by atoms with Crippen molar-refractivity contribution in [3.05, 3.63) is 64.7 Å². The summed E-state index contributed by atoms with van der Waals surface area (Å²) in [6, 6.07) is 12.2. The van der Waals surface area contributed by atoms with E-state index in [-0.39, 0.29) is 36.7 Å². The van der Waals surface area contributed by atoms with Crippen LogP contribution in [0.3, 0.4) is 0 Å². The molecule has 0 aliphatic carbocycles. The van der Waals surface area contributed by atoms with E-state index in [2.05, 4.69) is 5.16 Å². The minimum Gasteiger partial charge on any atom is -0.385 e. The molecule has 1 saturated heterocycles. The van der Waals surface area contributed by atoms with Gasteiger partial charge in [-0.05, 0) is 30.3 Å². The van der Waals surface area contributed by atoms with Crippen molar-refractivity contribution in [1.29, 1.82) is 0 Å². The van der Waals surface area contributed by atoms with Crippen molar-refractivity contribution in [2.75, 3.05) is 18.1 Å². The van der Waals surface area contributed by atoms with E-state index in [4.69, 9.17) is 16.4 Å². The molecule has 1 atom stereocenters. The topological polar surface area (TPSA) is 45.1 Å². The Morgan fingerprint density at radius 2 is 1.83 bits per heavy atom. The molecule has 2 aliphatic rings. The number of hydrazine groups is 1. The van der Waals surface area contributed by atoms with E-state index < -0.39 is 17.3 Å². The van der Waals surface area contributed by atoms with Crippen molar-refractivity contribution in [3.8, 4) is 0 Å². The number of carbonyl (C=O) groups excluding carboxylic acids is 1. The summed E-state index contributed by atoms with van der Waals surface area (Å²) in [5.41, 5.74) is -0.723. The molecule has 0 saturated carbocycles. The lowest BCUT2D eigenvalue weighted by Gasteiger charge is -2.28. The van der Waals surface area contributed by atoms with Gasteiger partial charge >= 0.3 is 6.18 Å². The van der Waals surface area contributed by atoms with Gasteiger partial charge in [0, 0.05) is 23.9 Å². The van der Waals surface area contributed by atoms with E-state index in [1.807, 2.05) is 0 Å². The predicted molar refractivity (Wildman–Crippen MR) is 103 cm³/mol. The summed E-state index contributed by atoms with van der Waals surface area (Å²) in [4.78, 5) is 17.8. The molecule has 4 rings (SSSR count). The number of anilines is 1. The molecule has 0 bridgehead atoms. The highest BCUT2D eigenvalue weighted by Crippen LogP contribution is 2.39. The summed E-state index contributed by atoms with van der Waals surface area (Å²) in [6.45, 7) is 1.89. The van der Waals surface area contributed by atoms with E-state index in [1.54, 1.807) is 29.3 Å². The molecule has 0 radical (unpaired) electrons. The summed E-state index contributed by atoms with van der Waals surface area (Å²) < 4.78 is 40.2. The summed E-state index contributed by atoms with van der Waals surface area (Å²) in [6.07, 6.45) is -4.33. The smallest absolute Gasteiger partial charge is 0.385 e. The first-order chi connectivity index (χ1) is 13.7. The fourth-order valence-corrected chi connectivity index (χ4v) is 3.84. The van der Waals surface area contributed by atoms with E-state index in [1.165, 1.54) is 30.1 Å². The lowest BCUT2D eigenvalue weighted by Crippen LogP contribution is -2.40. The number of benzene rings is 2. The third-order valence-corrected chi connectivity index (χ3v) is 5.29. The van der Waals surface area contributed by atoms with Gasteiger partial charge in [-0.1, -0.05) is 35.0 Å². The molecule has 152 valence electrons. The number of hydrogen-bond donors (Lipinski definition) is 0. The number of hydrogen-bond acceptors (Lipinski definition) is 4. The maximum atomic E-state index is 13.4. The molecule has 1 spiro atoms. The third kappa shape index (κ3) is 3.64. The maximum absolute atomic E-state index is 13.4. The molecular formula is C20H17ClF3N3O2. The standard InChI is InChI=1S/C20H17ClF3N3O2/c1-13(28)26-11-19(12-27(26)15-8-6-14(21)7-9-15)10-18(25-29-19)16-4-2-3-5-17(16)20(22,23)24/h2-9H,10-12H2,1H3. The van der Waals surface area contributed by atoms with Gasteiger partial charge in [0.1, 0.15) is 0 Å². The minimum atomic E-state index is -4.49. The predicted octanol–water partition coefficient (Wildman–Crippen LogP) is 4.51. The number of halogens is 4. The van der Waals surface area contributed by atoms with Gasteiger partial charge in [0.2, 0.25) is 5.91 Å². The van der Waals surface area contributed by atoms with Gasteiger partial charge in [-0.2, -0.15) is 13.2 Å². The lowest BCUT2D eigenvalue weighted by atomic mass is 9.92. The van der Waals surface area contributed by atoms with Gasteiger partial charge in [0.05, 0.1) is 30.1 Å². The van der Waals surface area contributed by atoms with E-state index >= 15 is 0 Å². The average molecular weight is 424 g/mol. The fourth-order valence-electron chi connectivity index (χ4n) is 3.71. The van der Waals surface area contributed by atoms with Crippen LogP contribution in [-0.2, 0) is 15.8 Å². The Kier molecular flexibility index (Phi) is 4.69. The molecule has 1 amide bonds. The maximum Gasteiger partial charge on any atom is 0.417 e. The normalized spacial score (nSPS) is 21.5. The third-order valence-electron chi connectivity index (χ3n) is 5.04. The number of alkyl halides is 3. The molecule has 29 heavy (non-hydrogen) atoms. The van der Waals surface area contributed by atoms with Crippen LogP contribution in [0.2, 0.25) is 5.02 Å². The van der Waals surface area contributed by atoms with E-state index in [0.29, 0.717) is 5.02 Å². The zero-order chi connectivity index (χ0) is 20.8. The highest BCUT2D eigenvalue weighted by Gasteiger charge is 2.51. The van der Waals surface area contributed by atoms with Crippen LogP contribution in [0.15, 0.2) is 53.7 Å². The second kappa shape index (κ2) is 6.95. The monoisotopic (exact) mass is 423 g/mol. The van der Waals surface area contributed by atoms with E-state index in [9.17, 15) is 18.0 Å². The minimum absolute atomic E-state index is 0.00353. The fraction of sp³-hybridized carbons (Fsp3) is 0.300. The van der Waals surface area contributed by atoms with Crippen molar-refractivity contribution in [3.63, 3.8) is 0 Å². The second-order valence-electron chi connectivity index (χ2n) is 7.14. The number of carbonyl (C=O) groups is 1. The number of amides is 1. The molecule has 2 heterocycles. The van der Waals surface area contributed by atoms with Crippen LogP contribution < -0.4 is 5.01 Å². The molecule has 5 nitrogen and oxygen atoms in total. The Labute approximate surface area is 170 Å². The van der Waals surface area contributed by atoms with Crippen LogP contribution in [0.4, 0.5) is 18.9 Å². The van der Waals surface area contributed by atoms with Gasteiger partial charge in [0.25, 0.3) is 0 Å². The summed E-state index contributed by atoms with van der Waals surface area (Å²) in [7, 11) is 0. The van der Waals surface area contributed by atoms with Crippen LogP contribution in [0, 0.1) is 0 Å². The molecule has 0 aromatic heterocycles. The lowest BCUT2D eigenvalue weighted by molar-refractivity contribution is -0.137. The number of oxime groups is 1. The Morgan fingerprint density at radius 1 is 1.14 bits per heavy atom. The first-order valence-corrected chi connectivity index (χ1v) is 9.29. The second-order valence-corrected chi connectivity index (χ2v) is 7.58. The van der Waals surface area contributed by atoms with E-state index in [0.717, 1.165) is 11.8 Å². The van der Waals surface area contributed by atoms with Crippen molar-refractivity contribution < 1.29 is 22.8 Å². The summed E-state index contributed by atoms with van der Waals surface area (Å²) >= 11 is 5.94. The van der Waals surface area contributed by atoms with Crippen LogP contribution >= 0.6 is 11.6 Å². The first-order valence-electron chi connectivity index (χ1n) is 8.91. The largest absolute Gasteiger partial charge is 0.417 e. The summed E-state index contributed by atoms with van der Waals surface area (Å²) in [5.74, 6) is -0.204. The molecule has 1 fully saturated rings. The zero-order valence-electron chi connectivity index (χ0n) is 15.4. The Balaban J connectivity index is 1.62. The van der Waals surface area contributed by atoms with Crippen LogP contribution in [0.5, 0.6) is 0 Å². The SMILES string of the molecule is CC(=O)N1CC2(CC(c3ccccc3C(F)(F)F)=NO2)CN1c1ccc(Cl)cc1. The molecule has 2 aromatic carbocycles. The van der Waals surface area contributed by atoms with Crippen LogP contribution in [0.1, 0.15) is 24.5 Å². The first kappa shape index (κ1) is 19.6. The van der Waals surface area contributed by atoms with Gasteiger partial charge in [0.15, 0.2) is 5.60 Å². The van der Waals surface area contributed by atoms with Crippen LogP contribution in [0.25, 0.3) is 0 Å². The van der Waals surface area contributed by atoms with Gasteiger partial charge in [-0.25, -0.2) is 5.01 Å². The Morgan fingerprint density at radius 3 is 2.48 bits per heavy atom. The van der Waals surface area contributed by atoms with Gasteiger partial charge < -0.3 is 4.84 Å². The number of nitrogens with zero attached hydrogens (tertiary/aromatic N) is 3. The van der Waals surface area contributed by atoms with Crippen molar-refractivity contribution in [2.45, 2.75) is 25.1 Å². The molecular weight excluding hydrogens is 407 g/mol. The highest BCUT2D eigenvalue weighted by molar-refractivity contribution is 6.30. The molecule has 2 aliphatic heterocycles. The average Bonchev–Trinajstić information content (AvgIpc) is 3.26. The van der Waals surface area contributed by atoms with Crippen molar-refractivity contribution >= 4 is 28.9 Å². The zero-order valence-corrected chi connectivity index (χ0v) is 16.2.